The smallest absolute Gasteiger partial charge is 0.0549 e. The van der Waals surface area contributed by atoms with Crippen molar-refractivity contribution in [2.24, 2.45) is 5.41 Å². The standard InChI is InChI=1S/C12H25NO/c1-4-11(14)7-8-13-9-12(5-2,6-3)10-13/h11,14H,4-10H2,1-3H3. The van der Waals surface area contributed by atoms with Gasteiger partial charge in [-0.05, 0) is 31.1 Å². The fraction of sp³-hybridized carbons (Fsp3) is 1.00. The van der Waals surface area contributed by atoms with Crippen LogP contribution < -0.4 is 0 Å². The van der Waals surface area contributed by atoms with Crippen LogP contribution in [0.4, 0.5) is 0 Å². The maximum atomic E-state index is 9.44. The van der Waals surface area contributed by atoms with Gasteiger partial charge in [-0.3, -0.25) is 0 Å². The molecule has 14 heavy (non-hydrogen) atoms. The Morgan fingerprint density at radius 2 is 1.79 bits per heavy atom. The molecule has 0 spiro atoms. The van der Waals surface area contributed by atoms with Gasteiger partial charge in [-0.15, -0.1) is 0 Å². The van der Waals surface area contributed by atoms with Crippen molar-refractivity contribution in [2.75, 3.05) is 19.6 Å². The van der Waals surface area contributed by atoms with E-state index in [-0.39, 0.29) is 6.10 Å². The average Bonchev–Trinajstić information content (AvgIpc) is 2.16. The highest BCUT2D eigenvalue weighted by Crippen LogP contribution is 2.36. The van der Waals surface area contributed by atoms with Gasteiger partial charge in [-0.2, -0.15) is 0 Å². The Labute approximate surface area is 88.3 Å². The van der Waals surface area contributed by atoms with Crippen LogP contribution in [-0.2, 0) is 0 Å². The van der Waals surface area contributed by atoms with Gasteiger partial charge in [0.05, 0.1) is 6.10 Å². The summed E-state index contributed by atoms with van der Waals surface area (Å²) < 4.78 is 0. The van der Waals surface area contributed by atoms with E-state index in [1.54, 1.807) is 0 Å². The molecule has 1 atom stereocenters. The zero-order chi connectivity index (χ0) is 10.6. The third kappa shape index (κ3) is 2.71. The molecule has 0 amide bonds. The summed E-state index contributed by atoms with van der Waals surface area (Å²) in [5.74, 6) is 0. The number of hydrogen-bond acceptors (Lipinski definition) is 2. The summed E-state index contributed by atoms with van der Waals surface area (Å²) in [5.41, 5.74) is 0.608. The largest absolute Gasteiger partial charge is 0.393 e. The first kappa shape index (κ1) is 12.0. The van der Waals surface area contributed by atoms with E-state index in [2.05, 4.69) is 18.7 Å². The Bertz CT molecular complexity index is 158. The normalized spacial score (nSPS) is 23.1. The summed E-state index contributed by atoms with van der Waals surface area (Å²) in [6.45, 7) is 10.2. The van der Waals surface area contributed by atoms with Gasteiger partial charge in [0.25, 0.3) is 0 Å². The van der Waals surface area contributed by atoms with Crippen LogP contribution in [0.1, 0.15) is 46.5 Å². The molecule has 1 rings (SSSR count). The minimum absolute atomic E-state index is 0.0896. The molecular formula is C12H25NO. The van der Waals surface area contributed by atoms with Gasteiger partial charge >= 0.3 is 0 Å². The number of aliphatic hydroxyl groups excluding tert-OH is 1. The summed E-state index contributed by atoms with van der Waals surface area (Å²) in [7, 11) is 0. The predicted molar refractivity (Wildman–Crippen MR) is 60.4 cm³/mol. The molecule has 1 aliphatic heterocycles. The highest BCUT2D eigenvalue weighted by molar-refractivity contribution is 4.92. The summed E-state index contributed by atoms with van der Waals surface area (Å²) in [6, 6.07) is 0. The maximum Gasteiger partial charge on any atom is 0.0549 e. The van der Waals surface area contributed by atoms with Crippen molar-refractivity contribution in [3.8, 4) is 0 Å². The molecule has 1 N–H and O–H groups in total. The minimum atomic E-state index is -0.0896. The van der Waals surface area contributed by atoms with Crippen molar-refractivity contribution in [1.29, 1.82) is 0 Å². The van der Waals surface area contributed by atoms with E-state index in [0.717, 1.165) is 19.4 Å². The van der Waals surface area contributed by atoms with E-state index in [1.807, 2.05) is 6.92 Å². The van der Waals surface area contributed by atoms with E-state index in [1.165, 1.54) is 25.9 Å². The number of hydrogen-bond donors (Lipinski definition) is 1. The molecule has 84 valence electrons. The highest BCUT2D eigenvalue weighted by Gasteiger charge is 2.39. The number of aliphatic hydroxyl groups is 1. The second-order valence-corrected chi connectivity index (χ2v) is 4.77. The van der Waals surface area contributed by atoms with Crippen molar-refractivity contribution in [3.05, 3.63) is 0 Å². The molecule has 1 saturated heterocycles. The molecule has 2 heteroatoms. The topological polar surface area (TPSA) is 23.5 Å². The van der Waals surface area contributed by atoms with E-state index in [0.29, 0.717) is 5.41 Å². The third-order valence-electron chi connectivity index (χ3n) is 3.87. The molecule has 1 aliphatic rings. The first-order chi connectivity index (χ1) is 6.65. The number of rotatable bonds is 6. The molecule has 0 saturated carbocycles. The Morgan fingerprint density at radius 3 is 2.21 bits per heavy atom. The van der Waals surface area contributed by atoms with Crippen molar-refractivity contribution in [1.82, 2.24) is 4.90 Å². The van der Waals surface area contributed by atoms with Gasteiger partial charge in [0.1, 0.15) is 0 Å². The SMILES string of the molecule is CCC(O)CCN1CC(CC)(CC)C1. The van der Waals surface area contributed by atoms with Gasteiger partial charge < -0.3 is 10.0 Å². The molecular weight excluding hydrogens is 174 g/mol. The van der Waals surface area contributed by atoms with Crippen molar-refractivity contribution in [3.63, 3.8) is 0 Å². The monoisotopic (exact) mass is 199 g/mol. The Kier molecular flexibility index (Phi) is 4.39. The molecule has 0 aromatic heterocycles. The van der Waals surface area contributed by atoms with Crippen LogP contribution in [0.15, 0.2) is 0 Å². The average molecular weight is 199 g/mol. The molecule has 0 radical (unpaired) electrons. The maximum absolute atomic E-state index is 9.44. The molecule has 0 aliphatic carbocycles. The van der Waals surface area contributed by atoms with Crippen LogP contribution >= 0.6 is 0 Å². The van der Waals surface area contributed by atoms with Crippen LogP contribution in [0, 0.1) is 5.41 Å². The van der Waals surface area contributed by atoms with Crippen LogP contribution in [0.2, 0.25) is 0 Å². The Balaban J connectivity index is 2.15. The summed E-state index contributed by atoms with van der Waals surface area (Å²) in [6.07, 6.45) is 4.35. The Hall–Kier alpha value is -0.0800. The molecule has 1 fully saturated rings. The Morgan fingerprint density at radius 1 is 1.21 bits per heavy atom. The van der Waals surface area contributed by atoms with E-state index in [4.69, 9.17) is 0 Å². The quantitative estimate of drug-likeness (QED) is 0.709. The molecule has 1 unspecified atom stereocenters. The van der Waals surface area contributed by atoms with Crippen molar-refractivity contribution in [2.45, 2.75) is 52.6 Å². The van der Waals surface area contributed by atoms with Gasteiger partial charge in [0, 0.05) is 19.6 Å². The van der Waals surface area contributed by atoms with E-state index >= 15 is 0 Å². The molecule has 0 bridgehead atoms. The number of likely N-dealkylation sites (tertiary alicyclic amines) is 1. The first-order valence-corrected chi connectivity index (χ1v) is 6.06. The molecule has 2 nitrogen and oxygen atoms in total. The molecule has 0 aromatic carbocycles. The lowest BCUT2D eigenvalue weighted by Crippen LogP contribution is -2.56. The summed E-state index contributed by atoms with van der Waals surface area (Å²) >= 11 is 0. The fourth-order valence-corrected chi connectivity index (χ4v) is 2.29. The van der Waals surface area contributed by atoms with Gasteiger partial charge in [0.2, 0.25) is 0 Å². The highest BCUT2D eigenvalue weighted by atomic mass is 16.3. The first-order valence-electron chi connectivity index (χ1n) is 6.06. The van der Waals surface area contributed by atoms with E-state index < -0.39 is 0 Å². The van der Waals surface area contributed by atoms with Crippen LogP contribution in [0.25, 0.3) is 0 Å². The van der Waals surface area contributed by atoms with Gasteiger partial charge in [-0.1, -0.05) is 20.8 Å². The van der Waals surface area contributed by atoms with Gasteiger partial charge in [0.15, 0.2) is 0 Å². The lowest BCUT2D eigenvalue weighted by Gasteiger charge is -2.50. The second kappa shape index (κ2) is 5.13. The lowest BCUT2D eigenvalue weighted by atomic mass is 9.75. The van der Waals surface area contributed by atoms with Crippen molar-refractivity contribution >= 4 is 0 Å². The van der Waals surface area contributed by atoms with Gasteiger partial charge in [-0.25, -0.2) is 0 Å². The zero-order valence-electron chi connectivity index (χ0n) is 9.92. The summed E-state index contributed by atoms with van der Waals surface area (Å²) in [4.78, 5) is 2.48. The minimum Gasteiger partial charge on any atom is -0.393 e. The van der Waals surface area contributed by atoms with Crippen LogP contribution in [0.5, 0.6) is 0 Å². The fourth-order valence-electron chi connectivity index (χ4n) is 2.29. The second-order valence-electron chi connectivity index (χ2n) is 4.77. The third-order valence-corrected chi connectivity index (χ3v) is 3.87. The van der Waals surface area contributed by atoms with E-state index in [9.17, 15) is 5.11 Å². The zero-order valence-corrected chi connectivity index (χ0v) is 9.92. The summed E-state index contributed by atoms with van der Waals surface area (Å²) in [5, 5.41) is 9.44. The van der Waals surface area contributed by atoms with Crippen LogP contribution in [0.3, 0.4) is 0 Å². The van der Waals surface area contributed by atoms with Crippen molar-refractivity contribution < 1.29 is 5.11 Å². The molecule has 0 aromatic rings. The lowest BCUT2D eigenvalue weighted by molar-refractivity contribution is -0.0144. The molecule has 1 heterocycles. The predicted octanol–water partition coefficient (Wildman–Crippen LogP) is 2.27. The number of nitrogens with zero attached hydrogens (tertiary/aromatic N) is 1. The van der Waals surface area contributed by atoms with Crippen LogP contribution in [-0.4, -0.2) is 35.7 Å².